The van der Waals surface area contributed by atoms with Gasteiger partial charge in [-0.25, -0.2) is 0 Å². The Bertz CT molecular complexity index is 346. The molecule has 0 aliphatic carbocycles. The zero-order valence-electron chi connectivity index (χ0n) is 14.7. The Balaban J connectivity index is 5.01. The van der Waals surface area contributed by atoms with Gasteiger partial charge in [0.05, 0.1) is 13.2 Å². The van der Waals surface area contributed by atoms with Gasteiger partial charge in [-0.15, -0.1) is 0 Å². The van der Waals surface area contributed by atoms with Crippen molar-refractivity contribution in [3.8, 4) is 0 Å². The van der Waals surface area contributed by atoms with E-state index in [4.69, 9.17) is 4.74 Å². The third-order valence-corrected chi connectivity index (χ3v) is 3.02. The first-order valence-electron chi connectivity index (χ1n) is 7.63. The SMILES string of the molecule is COC(=O)[C@H](CC(C)C)N[C@@H](C(=O)NC(C)(C)C)C(C)C. The van der Waals surface area contributed by atoms with E-state index in [0.29, 0.717) is 12.3 Å². The summed E-state index contributed by atoms with van der Waals surface area (Å²) in [6.45, 7) is 13.8. The van der Waals surface area contributed by atoms with Crippen molar-refractivity contribution >= 4 is 11.9 Å². The number of rotatable bonds is 7. The number of carbonyl (C=O) groups is 2. The van der Waals surface area contributed by atoms with E-state index in [1.807, 2.05) is 48.5 Å². The molecule has 0 saturated heterocycles. The fourth-order valence-corrected chi connectivity index (χ4v) is 2.08. The fraction of sp³-hybridized carbons (Fsp3) is 0.875. The summed E-state index contributed by atoms with van der Waals surface area (Å²) in [4.78, 5) is 24.3. The molecule has 2 atom stereocenters. The van der Waals surface area contributed by atoms with E-state index in [-0.39, 0.29) is 23.3 Å². The van der Waals surface area contributed by atoms with Gasteiger partial charge in [0, 0.05) is 5.54 Å². The first kappa shape index (κ1) is 19.9. The Morgan fingerprint density at radius 2 is 1.62 bits per heavy atom. The number of esters is 1. The summed E-state index contributed by atoms with van der Waals surface area (Å²) < 4.78 is 4.84. The summed E-state index contributed by atoms with van der Waals surface area (Å²) in [6, 6.07) is -0.889. The maximum atomic E-state index is 12.4. The third-order valence-electron chi connectivity index (χ3n) is 3.02. The van der Waals surface area contributed by atoms with E-state index in [2.05, 4.69) is 10.6 Å². The molecule has 0 heterocycles. The molecule has 0 saturated carbocycles. The van der Waals surface area contributed by atoms with Gasteiger partial charge in [-0.05, 0) is 39.0 Å². The number of methoxy groups -OCH3 is 1. The van der Waals surface area contributed by atoms with Gasteiger partial charge in [0.2, 0.25) is 5.91 Å². The minimum Gasteiger partial charge on any atom is -0.468 e. The number of hydrogen-bond donors (Lipinski definition) is 2. The highest BCUT2D eigenvalue weighted by Crippen LogP contribution is 2.12. The standard InChI is InChI=1S/C16H32N2O3/c1-10(2)9-12(15(20)21-8)17-13(11(3)4)14(19)18-16(5,6)7/h10-13,17H,9H2,1-8H3,(H,18,19)/t12-,13+/m0/s1. The summed E-state index contributed by atoms with van der Waals surface area (Å²) in [5, 5.41) is 6.13. The smallest absolute Gasteiger partial charge is 0.322 e. The largest absolute Gasteiger partial charge is 0.468 e. The van der Waals surface area contributed by atoms with Crippen LogP contribution in [0.4, 0.5) is 0 Å². The Hall–Kier alpha value is -1.10. The summed E-state index contributed by atoms with van der Waals surface area (Å²) in [5.74, 6) is -0.000161. The normalized spacial score (nSPS) is 15.0. The zero-order chi connectivity index (χ0) is 16.8. The topological polar surface area (TPSA) is 67.4 Å². The van der Waals surface area contributed by atoms with E-state index in [0.717, 1.165) is 0 Å². The van der Waals surface area contributed by atoms with Crippen LogP contribution in [-0.2, 0) is 14.3 Å². The fourth-order valence-electron chi connectivity index (χ4n) is 2.08. The summed E-state index contributed by atoms with van der Waals surface area (Å²) in [5.41, 5.74) is -0.301. The van der Waals surface area contributed by atoms with Crippen molar-refractivity contribution < 1.29 is 14.3 Å². The molecule has 0 aromatic carbocycles. The van der Waals surface area contributed by atoms with Gasteiger partial charge in [0.1, 0.15) is 6.04 Å². The van der Waals surface area contributed by atoms with Gasteiger partial charge in [-0.2, -0.15) is 0 Å². The summed E-state index contributed by atoms with van der Waals surface area (Å²) in [7, 11) is 1.37. The Morgan fingerprint density at radius 3 is 1.95 bits per heavy atom. The van der Waals surface area contributed by atoms with Crippen molar-refractivity contribution in [3.63, 3.8) is 0 Å². The minimum absolute atomic E-state index is 0.0756. The Morgan fingerprint density at radius 1 is 1.10 bits per heavy atom. The molecule has 5 heteroatoms. The van der Waals surface area contributed by atoms with E-state index >= 15 is 0 Å². The van der Waals surface area contributed by atoms with Crippen molar-refractivity contribution in [1.82, 2.24) is 10.6 Å². The van der Waals surface area contributed by atoms with Gasteiger partial charge in [0.25, 0.3) is 0 Å². The van der Waals surface area contributed by atoms with Crippen molar-refractivity contribution in [2.24, 2.45) is 11.8 Å². The molecule has 2 N–H and O–H groups in total. The molecule has 0 aliphatic heterocycles. The first-order valence-corrected chi connectivity index (χ1v) is 7.63. The highest BCUT2D eigenvalue weighted by atomic mass is 16.5. The molecule has 0 aromatic rings. The molecule has 0 aliphatic rings. The predicted molar refractivity (Wildman–Crippen MR) is 84.9 cm³/mol. The number of nitrogens with one attached hydrogen (secondary N) is 2. The number of ether oxygens (including phenoxy) is 1. The van der Waals surface area contributed by atoms with Crippen molar-refractivity contribution in [2.75, 3.05) is 7.11 Å². The monoisotopic (exact) mass is 300 g/mol. The maximum absolute atomic E-state index is 12.4. The molecule has 21 heavy (non-hydrogen) atoms. The number of amides is 1. The van der Waals surface area contributed by atoms with E-state index in [1.165, 1.54) is 7.11 Å². The minimum atomic E-state index is -0.465. The average Bonchev–Trinajstić information content (AvgIpc) is 2.29. The molecule has 0 spiro atoms. The first-order chi connectivity index (χ1) is 9.47. The van der Waals surface area contributed by atoms with E-state index in [1.54, 1.807) is 0 Å². The molecule has 0 rings (SSSR count). The second kappa shape index (κ2) is 8.37. The van der Waals surface area contributed by atoms with Crippen LogP contribution in [0.25, 0.3) is 0 Å². The highest BCUT2D eigenvalue weighted by molar-refractivity contribution is 5.84. The molecule has 0 unspecified atom stereocenters. The van der Waals surface area contributed by atoms with Crippen molar-refractivity contribution in [1.29, 1.82) is 0 Å². The van der Waals surface area contributed by atoms with Crippen LogP contribution in [-0.4, -0.2) is 36.6 Å². The second-order valence-corrected chi connectivity index (χ2v) is 7.33. The quantitative estimate of drug-likeness (QED) is 0.707. The van der Waals surface area contributed by atoms with Crippen LogP contribution >= 0.6 is 0 Å². The van der Waals surface area contributed by atoms with E-state index < -0.39 is 12.1 Å². The highest BCUT2D eigenvalue weighted by Gasteiger charge is 2.31. The second-order valence-electron chi connectivity index (χ2n) is 7.33. The molecule has 0 aromatic heterocycles. The molecular formula is C16H32N2O3. The molecule has 0 radical (unpaired) electrons. The third kappa shape index (κ3) is 8.05. The van der Waals surface area contributed by atoms with Crippen LogP contribution in [0.2, 0.25) is 0 Å². The summed E-state index contributed by atoms with van der Waals surface area (Å²) in [6.07, 6.45) is 0.638. The Kier molecular flexibility index (Phi) is 7.93. The Labute approximate surface area is 129 Å². The van der Waals surface area contributed by atoms with Crippen LogP contribution in [0.5, 0.6) is 0 Å². The van der Waals surface area contributed by atoms with Gasteiger partial charge in [-0.3, -0.25) is 14.9 Å². The average molecular weight is 300 g/mol. The molecule has 0 bridgehead atoms. The molecule has 0 fully saturated rings. The lowest BCUT2D eigenvalue weighted by atomic mass is 9.97. The van der Waals surface area contributed by atoms with Gasteiger partial charge < -0.3 is 10.1 Å². The maximum Gasteiger partial charge on any atom is 0.322 e. The van der Waals surface area contributed by atoms with Gasteiger partial charge >= 0.3 is 5.97 Å². The van der Waals surface area contributed by atoms with Crippen molar-refractivity contribution in [2.45, 2.75) is 72.5 Å². The molecule has 1 amide bonds. The molecular weight excluding hydrogens is 268 g/mol. The van der Waals surface area contributed by atoms with Crippen LogP contribution in [0.1, 0.15) is 54.9 Å². The van der Waals surface area contributed by atoms with Crippen LogP contribution < -0.4 is 10.6 Å². The molecule has 124 valence electrons. The molecule has 5 nitrogen and oxygen atoms in total. The van der Waals surface area contributed by atoms with Gasteiger partial charge in [-0.1, -0.05) is 27.7 Å². The predicted octanol–water partition coefficient (Wildman–Crippen LogP) is 2.10. The number of carbonyl (C=O) groups excluding carboxylic acids is 2. The lowest BCUT2D eigenvalue weighted by Crippen LogP contribution is -2.56. The van der Waals surface area contributed by atoms with Crippen LogP contribution in [0, 0.1) is 11.8 Å². The zero-order valence-corrected chi connectivity index (χ0v) is 14.7. The number of hydrogen-bond acceptors (Lipinski definition) is 4. The lowest BCUT2D eigenvalue weighted by Gasteiger charge is -2.30. The van der Waals surface area contributed by atoms with E-state index in [9.17, 15) is 9.59 Å². The van der Waals surface area contributed by atoms with Gasteiger partial charge in [0.15, 0.2) is 0 Å². The summed E-state index contributed by atoms with van der Waals surface area (Å²) >= 11 is 0. The van der Waals surface area contributed by atoms with Crippen LogP contribution in [0.15, 0.2) is 0 Å². The van der Waals surface area contributed by atoms with Crippen LogP contribution in [0.3, 0.4) is 0 Å². The van der Waals surface area contributed by atoms with Crippen molar-refractivity contribution in [3.05, 3.63) is 0 Å². The lowest BCUT2D eigenvalue weighted by molar-refractivity contribution is -0.144.